The van der Waals surface area contributed by atoms with E-state index in [1.807, 2.05) is 0 Å². The van der Waals surface area contributed by atoms with Crippen LogP contribution in [0.4, 0.5) is 0 Å². The Morgan fingerprint density at radius 1 is 1.06 bits per heavy atom. The summed E-state index contributed by atoms with van der Waals surface area (Å²) in [6.45, 7) is 19.2. The molecule has 0 aromatic carbocycles. The van der Waals surface area contributed by atoms with E-state index in [0.29, 0.717) is 0 Å². The first-order valence-electron chi connectivity index (χ1n) is 6.93. The van der Waals surface area contributed by atoms with Crippen molar-refractivity contribution in [2.24, 2.45) is 5.41 Å². The summed E-state index contributed by atoms with van der Waals surface area (Å²) in [6.07, 6.45) is 5.97. The molecule has 0 aliphatic rings. The Balaban J connectivity index is 3.42. The number of nitrogens with one attached hydrogen (secondary N) is 1. The molecular weight excluding hydrogens is 206 g/mol. The van der Waals surface area contributed by atoms with Gasteiger partial charge in [0.25, 0.3) is 0 Å². The lowest BCUT2D eigenvalue weighted by Crippen LogP contribution is -2.18. The van der Waals surface area contributed by atoms with Gasteiger partial charge in [0.1, 0.15) is 0 Å². The molecule has 0 fully saturated rings. The maximum absolute atomic E-state index is 4.16. The second kappa shape index (κ2) is 8.52. The Morgan fingerprint density at radius 2 is 1.71 bits per heavy atom. The highest BCUT2D eigenvalue weighted by Gasteiger charge is 2.13. The fourth-order valence-electron chi connectivity index (χ4n) is 1.67. The van der Waals surface area contributed by atoms with Crippen LogP contribution in [0.1, 0.15) is 59.8 Å². The standard InChI is InChI=1S/C16H31N/c1-7-10-14(2)13-17-12-9-8-11-15(3)16(4,5)6/h17H,2-3,7-13H2,1,4-6H3. The normalized spacial score (nSPS) is 11.5. The second-order valence-electron chi connectivity index (χ2n) is 5.99. The van der Waals surface area contributed by atoms with Crippen LogP contribution < -0.4 is 5.32 Å². The van der Waals surface area contributed by atoms with Crippen molar-refractivity contribution in [2.75, 3.05) is 13.1 Å². The summed E-state index contributed by atoms with van der Waals surface area (Å²) in [5.74, 6) is 0. The third-order valence-electron chi connectivity index (χ3n) is 3.12. The van der Waals surface area contributed by atoms with E-state index in [1.54, 1.807) is 0 Å². The molecule has 100 valence electrons. The summed E-state index contributed by atoms with van der Waals surface area (Å²) in [5.41, 5.74) is 2.96. The molecule has 0 aromatic rings. The molecule has 0 atom stereocenters. The van der Waals surface area contributed by atoms with E-state index >= 15 is 0 Å². The van der Waals surface area contributed by atoms with E-state index < -0.39 is 0 Å². The third kappa shape index (κ3) is 9.17. The van der Waals surface area contributed by atoms with E-state index in [2.05, 4.69) is 46.2 Å². The number of rotatable bonds is 9. The van der Waals surface area contributed by atoms with Crippen molar-refractivity contribution >= 4 is 0 Å². The molecule has 0 saturated carbocycles. The van der Waals surface area contributed by atoms with Gasteiger partial charge in [-0.15, -0.1) is 0 Å². The molecule has 1 heteroatoms. The van der Waals surface area contributed by atoms with Crippen LogP contribution in [-0.4, -0.2) is 13.1 Å². The van der Waals surface area contributed by atoms with Crippen LogP contribution in [0.3, 0.4) is 0 Å². The summed E-state index contributed by atoms with van der Waals surface area (Å²) in [6, 6.07) is 0. The third-order valence-corrected chi connectivity index (χ3v) is 3.12. The van der Waals surface area contributed by atoms with E-state index in [1.165, 1.54) is 30.4 Å². The summed E-state index contributed by atoms with van der Waals surface area (Å²) in [4.78, 5) is 0. The van der Waals surface area contributed by atoms with Gasteiger partial charge in [0.05, 0.1) is 0 Å². The first-order chi connectivity index (χ1) is 7.88. The predicted molar refractivity (Wildman–Crippen MR) is 79.4 cm³/mol. The van der Waals surface area contributed by atoms with Crippen LogP contribution in [0.15, 0.2) is 24.3 Å². The van der Waals surface area contributed by atoms with Crippen LogP contribution in [0, 0.1) is 5.41 Å². The SMILES string of the molecule is C=C(CCC)CNCCCCC(=C)C(C)(C)C. The van der Waals surface area contributed by atoms with Crippen molar-refractivity contribution in [1.82, 2.24) is 5.32 Å². The molecule has 0 unspecified atom stereocenters. The quantitative estimate of drug-likeness (QED) is 0.452. The zero-order chi connectivity index (χ0) is 13.3. The van der Waals surface area contributed by atoms with Crippen molar-refractivity contribution < 1.29 is 0 Å². The highest BCUT2D eigenvalue weighted by atomic mass is 14.8. The zero-order valence-corrected chi connectivity index (χ0v) is 12.4. The minimum Gasteiger partial charge on any atom is -0.313 e. The molecule has 0 rings (SSSR count). The van der Waals surface area contributed by atoms with Crippen LogP contribution in [0.5, 0.6) is 0 Å². The molecule has 0 saturated heterocycles. The highest BCUT2D eigenvalue weighted by molar-refractivity contribution is 5.04. The minimum absolute atomic E-state index is 0.267. The lowest BCUT2D eigenvalue weighted by Gasteiger charge is -2.21. The smallest absolute Gasteiger partial charge is 0.0161 e. The van der Waals surface area contributed by atoms with Crippen molar-refractivity contribution in [2.45, 2.75) is 59.8 Å². The van der Waals surface area contributed by atoms with Gasteiger partial charge in [-0.25, -0.2) is 0 Å². The Morgan fingerprint density at radius 3 is 2.24 bits per heavy atom. The van der Waals surface area contributed by atoms with E-state index in [9.17, 15) is 0 Å². The number of unbranched alkanes of at least 4 members (excludes halogenated alkanes) is 1. The van der Waals surface area contributed by atoms with Gasteiger partial charge in [0.15, 0.2) is 0 Å². The Labute approximate surface area is 108 Å². The van der Waals surface area contributed by atoms with Crippen LogP contribution in [0.2, 0.25) is 0 Å². The fraction of sp³-hybridized carbons (Fsp3) is 0.750. The zero-order valence-electron chi connectivity index (χ0n) is 12.4. The molecule has 0 bridgehead atoms. The van der Waals surface area contributed by atoms with Gasteiger partial charge < -0.3 is 5.32 Å². The molecule has 0 aliphatic carbocycles. The van der Waals surface area contributed by atoms with Gasteiger partial charge in [0, 0.05) is 6.54 Å². The molecule has 0 spiro atoms. The van der Waals surface area contributed by atoms with E-state index in [4.69, 9.17) is 0 Å². The lowest BCUT2D eigenvalue weighted by atomic mass is 9.85. The summed E-state index contributed by atoms with van der Waals surface area (Å²) < 4.78 is 0. The summed E-state index contributed by atoms with van der Waals surface area (Å²) >= 11 is 0. The lowest BCUT2D eigenvalue weighted by molar-refractivity contribution is 0.474. The van der Waals surface area contributed by atoms with Gasteiger partial charge in [0.2, 0.25) is 0 Å². The van der Waals surface area contributed by atoms with Crippen LogP contribution >= 0.6 is 0 Å². The van der Waals surface area contributed by atoms with Crippen molar-refractivity contribution in [3.63, 3.8) is 0 Å². The van der Waals surface area contributed by atoms with Crippen molar-refractivity contribution in [1.29, 1.82) is 0 Å². The minimum atomic E-state index is 0.267. The van der Waals surface area contributed by atoms with E-state index in [-0.39, 0.29) is 5.41 Å². The number of hydrogen-bond acceptors (Lipinski definition) is 1. The van der Waals surface area contributed by atoms with Crippen LogP contribution in [0.25, 0.3) is 0 Å². The Hall–Kier alpha value is -0.560. The predicted octanol–water partition coefficient (Wildman–Crippen LogP) is 4.70. The maximum Gasteiger partial charge on any atom is 0.0161 e. The fourth-order valence-corrected chi connectivity index (χ4v) is 1.67. The highest BCUT2D eigenvalue weighted by Crippen LogP contribution is 2.27. The molecule has 1 nitrogen and oxygen atoms in total. The molecular formula is C16H31N. The van der Waals surface area contributed by atoms with Crippen molar-refractivity contribution in [3.8, 4) is 0 Å². The second-order valence-corrected chi connectivity index (χ2v) is 5.99. The molecule has 0 aromatic heterocycles. The van der Waals surface area contributed by atoms with Gasteiger partial charge >= 0.3 is 0 Å². The average Bonchev–Trinajstić information content (AvgIpc) is 2.21. The largest absolute Gasteiger partial charge is 0.313 e. The van der Waals surface area contributed by atoms with E-state index in [0.717, 1.165) is 25.9 Å². The molecule has 1 N–H and O–H groups in total. The summed E-state index contributed by atoms with van der Waals surface area (Å²) in [7, 11) is 0. The van der Waals surface area contributed by atoms with Gasteiger partial charge in [-0.2, -0.15) is 0 Å². The maximum atomic E-state index is 4.16. The molecule has 0 aliphatic heterocycles. The first kappa shape index (κ1) is 16.4. The topological polar surface area (TPSA) is 12.0 Å². The van der Waals surface area contributed by atoms with Crippen LogP contribution in [-0.2, 0) is 0 Å². The average molecular weight is 237 g/mol. The summed E-state index contributed by atoms with van der Waals surface area (Å²) in [5, 5.41) is 3.45. The van der Waals surface area contributed by atoms with Gasteiger partial charge in [-0.05, 0) is 37.6 Å². The first-order valence-corrected chi connectivity index (χ1v) is 6.93. The molecule has 0 amide bonds. The van der Waals surface area contributed by atoms with Crippen molar-refractivity contribution in [3.05, 3.63) is 24.3 Å². The number of allylic oxidation sites excluding steroid dienone is 1. The monoisotopic (exact) mass is 237 g/mol. The Bertz CT molecular complexity index is 232. The molecule has 17 heavy (non-hydrogen) atoms. The Kier molecular flexibility index (Phi) is 8.24. The molecule has 0 heterocycles. The van der Waals surface area contributed by atoms with Gasteiger partial charge in [-0.3, -0.25) is 0 Å². The molecule has 0 radical (unpaired) electrons. The van der Waals surface area contributed by atoms with Gasteiger partial charge in [-0.1, -0.05) is 58.4 Å². The number of hydrogen-bond donors (Lipinski definition) is 1.